The second-order valence-electron chi connectivity index (χ2n) is 8.81. The summed E-state index contributed by atoms with van der Waals surface area (Å²) in [6, 6.07) is 6.11. The number of halogens is 3. The van der Waals surface area contributed by atoms with E-state index in [2.05, 4.69) is 4.98 Å². The van der Waals surface area contributed by atoms with Crippen LogP contribution in [-0.4, -0.2) is 46.8 Å². The summed E-state index contributed by atoms with van der Waals surface area (Å²) < 4.78 is 43.6. The first kappa shape index (κ1) is 26.0. The molecular formula is C24H30F3N3O3S. The molecule has 1 heterocycles. The Balaban J connectivity index is 0.000000574. The van der Waals surface area contributed by atoms with Gasteiger partial charge in [0.2, 0.25) is 0 Å². The van der Waals surface area contributed by atoms with Crippen molar-refractivity contribution in [1.29, 1.82) is 0 Å². The number of nitrogens with zero attached hydrogens (tertiary/aromatic N) is 2. The lowest BCUT2D eigenvalue weighted by Crippen LogP contribution is -2.44. The molecule has 1 aromatic carbocycles. The summed E-state index contributed by atoms with van der Waals surface area (Å²) in [5, 5.41) is 1.93. The second kappa shape index (κ2) is 11.7. The van der Waals surface area contributed by atoms with E-state index >= 15 is 0 Å². The molecule has 1 atom stereocenters. The Hall–Kier alpha value is -2.62. The summed E-state index contributed by atoms with van der Waals surface area (Å²) in [4.78, 5) is 29.5. The molecule has 6 nitrogen and oxygen atoms in total. The van der Waals surface area contributed by atoms with Crippen LogP contribution < -0.4 is 5.73 Å². The molecule has 4 rings (SSSR count). The molecule has 2 fully saturated rings. The molecule has 1 unspecified atom stereocenters. The van der Waals surface area contributed by atoms with E-state index in [9.17, 15) is 22.8 Å². The van der Waals surface area contributed by atoms with Crippen LogP contribution in [0.5, 0.6) is 0 Å². The smallest absolute Gasteiger partial charge is 0.404 e. The van der Waals surface area contributed by atoms with E-state index in [0.717, 1.165) is 45.4 Å². The van der Waals surface area contributed by atoms with Gasteiger partial charge in [0.05, 0.1) is 18.0 Å². The number of ether oxygens (including phenoxy) is 1. The highest BCUT2D eigenvalue weighted by Crippen LogP contribution is 2.37. The van der Waals surface area contributed by atoms with Crippen molar-refractivity contribution in [3.63, 3.8) is 0 Å². The SMILES string of the molecule is CC(c1ccc(C(=O)N(C2CCC(COC(N)=O)CC2)C2CC2)cc1)C(F)(F)F.c1cscn1. The van der Waals surface area contributed by atoms with Crippen LogP contribution in [0.4, 0.5) is 18.0 Å². The molecule has 10 heteroatoms. The van der Waals surface area contributed by atoms with E-state index in [4.69, 9.17) is 10.5 Å². The van der Waals surface area contributed by atoms with E-state index < -0.39 is 18.2 Å². The fraction of sp³-hybridized carbons (Fsp3) is 0.542. The van der Waals surface area contributed by atoms with Crippen LogP contribution in [0.1, 0.15) is 67.3 Å². The van der Waals surface area contributed by atoms with Crippen molar-refractivity contribution in [1.82, 2.24) is 9.88 Å². The molecule has 2 N–H and O–H groups in total. The first-order valence-electron chi connectivity index (χ1n) is 11.4. The average molecular weight is 498 g/mol. The van der Waals surface area contributed by atoms with Crippen molar-refractivity contribution in [3.05, 3.63) is 52.5 Å². The third-order valence-electron chi connectivity index (χ3n) is 6.34. The number of primary amides is 1. The summed E-state index contributed by atoms with van der Waals surface area (Å²) in [6.07, 6.45) is 1.93. The van der Waals surface area contributed by atoms with Crippen molar-refractivity contribution in [2.24, 2.45) is 11.7 Å². The molecule has 0 radical (unpaired) electrons. The van der Waals surface area contributed by atoms with Crippen LogP contribution in [0, 0.1) is 5.92 Å². The monoisotopic (exact) mass is 497 g/mol. The summed E-state index contributed by atoms with van der Waals surface area (Å²) in [6.45, 7) is 1.42. The van der Waals surface area contributed by atoms with E-state index in [1.165, 1.54) is 24.3 Å². The fourth-order valence-electron chi connectivity index (χ4n) is 4.20. The lowest BCUT2D eigenvalue weighted by Gasteiger charge is -2.37. The van der Waals surface area contributed by atoms with Gasteiger partial charge >= 0.3 is 12.3 Å². The molecule has 2 aromatic rings. The summed E-state index contributed by atoms with van der Waals surface area (Å²) in [5.74, 6) is -1.43. The molecule has 2 aliphatic carbocycles. The zero-order valence-electron chi connectivity index (χ0n) is 19.0. The average Bonchev–Trinajstić information content (AvgIpc) is 3.45. The minimum atomic E-state index is -4.30. The maximum atomic E-state index is 13.1. The number of carbonyl (C=O) groups excluding carboxylic acids is 2. The Bertz CT molecular complexity index is 893. The van der Waals surface area contributed by atoms with Crippen molar-refractivity contribution in [2.45, 2.75) is 69.6 Å². The van der Waals surface area contributed by atoms with E-state index in [1.54, 1.807) is 23.0 Å². The minimum Gasteiger partial charge on any atom is -0.449 e. The van der Waals surface area contributed by atoms with Gasteiger partial charge < -0.3 is 15.4 Å². The molecule has 186 valence electrons. The lowest BCUT2D eigenvalue weighted by atomic mass is 9.85. The van der Waals surface area contributed by atoms with Crippen LogP contribution in [0.2, 0.25) is 0 Å². The number of hydrogen-bond donors (Lipinski definition) is 1. The van der Waals surface area contributed by atoms with Crippen molar-refractivity contribution in [3.8, 4) is 0 Å². The largest absolute Gasteiger partial charge is 0.449 e. The summed E-state index contributed by atoms with van der Waals surface area (Å²) in [7, 11) is 0. The molecule has 0 saturated heterocycles. The van der Waals surface area contributed by atoms with Gasteiger partial charge in [0.1, 0.15) is 0 Å². The highest BCUT2D eigenvalue weighted by atomic mass is 32.1. The van der Waals surface area contributed by atoms with Gasteiger partial charge in [-0.25, -0.2) is 4.79 Å². The Morgan fingerprint density at radius 2 is 1.71 bits per heavy atom. The highest BCUT2D eigenvalue weighted by molar-refractivity contribution is 7.07. The first-order valence-corrected chi connectivity index (χ1v) is 12.3. The maximum absolute atomic E-state index is 13.1. The topological polar surface area (TPSA) is 85.5 Å². The van der Waals surface area contributed by atoms with Crippen LogP contribution >= 0.6 is 11.3 Å². The number of nitrogens with two attached hydrogens (primary N) is 1. The van der Waals surface area contributed by atoms with Crippen LogP contribution in [0.15, 0.2) is 41.4 Å². The number of thiazole rings is 1. The number of rotatable bonds is 6. The van der Waals surface area contributed by atoms with E-state index in [1.807, 2.05) is 10.3 Å². The summed E-state index contributed by atoms with van der Waals surface area (Å²) >= 11 is 1.60. The van der Waals surface area contributed by atoms with Gasteiger partial charge in [-0.2, -0.15) is 13.2 Å². The van der Waals surface area contributed by atoms with E-state index in [-0.39, 0.29) is 29.5 Å². The van der Waals surface area contributed by atoms with Gasteiger partial charge in [0, 0.05) is 29.2 Å². The minimum absolute atomic E-state index is 0.105. The summed E-state index contributed by atoms with van der Waals surface area (Å²) in [5.41, 5.74) is 7.39. The zero-order chi connectivity index (χ0) is 24.7. The van der Waals surface area contributed by atoms with Gasteiger partial charge in [-0.05, 0) is 69.1 Å². The molecular weight excluding hydrogens is 467 g/mol. The molecule has 2 saturated carbocycles. The third-order valence-corrected chi connectivity index (χ3v) is 6.86. The third kappa shape index (κ3) is 7.44. The Morgan fingerprint density at radius 3 is 2.12 bits per heavy atom. The quantitative estimate of drug-likeness (QED) is 0.550. The Kier molecular flexibility index (Phi) is 8.93. The van der Waals surface area contributed by atoms with Gasteiger partial charge in [-0.3, -0.25) is 9.78 Å². The number of benzene rings is 1. The van der Waals surface area contributed by atoms with Crippen molar-refractivity contribution < 1.29 is 27.5 Å². The van der Waals surface area contributed by atoms with Crippen LogP contribution in [0.25, 0.3) is 0 Å². The highest BCUT2D eigenvalue weighted by Gasteiger charge is 2.40. The Morgan fingerprint density at radius 1 is 1.12 bits per heavy atom. The van der Waals surface area contributed by atoms with Crippen molar-refractivity contribution in [2.75, 3.05) is 6.61 Å². The number of alkyl halides is 3. The number of amides is 2. The molecule has 0 aliphatic heterocycles. The molecule has 0 spiro atoms. The maximum Gasteiger partial charge on any atom is 0.404 e. The molecule has 34 heavy (non-hydrogen) atoms. The Labute approximate surface area is 201 Å². The lowest BCUT2D eigenvalue weighted by molar-refractivity contribution is -0.146. The standard InChI is InChI=1S/C21H27F3N2O3.C3H3NS/c1-13(21(22,23)24)15-4-6-16(7-5-15)19(27)26(18-10-11-18)17-8-2-14(3-9-17)12-29-20(25)28;1-2-5-3-4-1/h4-7,13-14,17-18H,2-3,8-12H2,1H3,(H2,25,28);1-3H. The molecule has 2 amide bonds. The number of carbonyl (C=O) groups is 2. The van der Waals surface area contributed by atoms with Gasteiger partial charge in [-0.15, -0.1) is 11.3 Å². The molecule has 1 aromatic heterocycles. The second-order valence-corrected chi connectivity index (χ2v) is 9.56. The fourth-order valence-corrected chi connectivity index (χ4v) is 4.55. The number of aromatic nitrogens is 1. The van der Waals surface area contributed by atoms with Gasteiger partial charge in [-0.1, -0.05) is 12.1 Å². The first-order chi connectivity index (χ1) is 16.2. The normalized spacial score (nSPS) is 21.1. The van der Waals surface area contributed by atoms with Gasteiger partial charge in [0.25, 0.3) is 5.91 Å². The number of hydrogen-bond acceptors (Lipinski definition) is 5. The zero-order valence-corrected chi connectivity index (χ0v) is 19.9. The van der Waals surface area contributed by atoms with Crippen molar-refractivity contribution >= 4 is 23.3 Å². The predicted molar refractivity (Wildman–Crippen MR) is 123 cm³/mol. The molecule has 0 bridgehead atoms. The van der Waals surface area contributed by atoms with E-state index in [0.29, 0.717) is 12.2 Å². The predicted octanol–water partition coefficient (Wildman–Crippen LogP) is 5.75. The van der Waals surface area contributed by atoms with Crippen LogP contribution in [0.3, 0.4) is 0 Å². The van der Waals surface area contributed by atoms with Gasteiger partial charge in [0.15, 0.2) is 0 Å². The molecule has 2 aliphatic rings. The van der Waals surface area contributed by atoms with Crippen LogP contribution in [-0.2, 0) is 4.74 Å².